The molecule has 0 fully saturated rings. The first-order valence-corrected chi connectivity index (χ1v) is 5.44. The van der Waals surface area contributed by atoms with Gasteiger partial charge in [-0.15, -0.1) is 0 Å². The monoisotopic (exact) mass is 234 g/mol. The molecule has 6 heteroatoms. The first kappa shape index (κ1) is 11.4. The Kier molecular flexibility index (Phi) is 3.22. The van der Waals surface area contributed by atoms with Gasteiger partial charge in [-0.3, -0.25) is 20.0 Å². The molecular formula is C11H14N4O2. The number of hydrogen-bond acceptors (Lipinski definition) is 5. The molecule has 2 rings (SSSR count). The molecule has 0 unspecified atom stereocenters. The number of hydrogen-bond donors (Lipinski definition) is 3. The standard InChI is InChI=1S/C11H14N4O2/c1-7-5-10(17)13-11(12-7)15-14-8-3-2-4-9(16)6-8/h3,5,14H,2,4,6H2,1H3,(H2,12,13,15,17). The molecule has 0 aliphatic heterocycles. The number of allylic oxidation sites excluding steroid dienone is 2. The van der Waals surface area contributed by atoms with E-state index in [4.69, 9.17) is 0 Å². The van der Waals surface area contributed by atoms with Gasteiger partial charge in [0.25, 0.3) is 5.56 Å². The van der Waals surface area contributed by atoms with Gasteiger partial charge in [-0.05, 0) is 13.3 Å². The fourth-order valence-corrected chi connectivity index (χ4v) is 1.65. The zero-order chi connectivity index (χ0) is 12.3. The molecule has 0 radical (unpaired) electrons. The van der Waals surface area contributed by atoms with E-state index < -0.39 is 0 Å². The van der Waals surface area contributed by atoms with Crippen LogP contribution >= 0.6 is 0 Å². The molecule has 1 aromatic rings. The molecule has 0 aromatic carbocycles. The van der Waals surface area contributed by atoms with Crippen molar-refractivity contribution in [3.05, 3.63) is 33.9 Å². The number of rotatable bonds is 3. The first-order chi connectivity index (χ1) is 8.13. The molecule has 0 saturated carbocycles. The van der Waals surface area contributed by atoms with Gasteiger partial charge in [-0.2, -0.15) is 0 Å². The van der Waals surface area contributed by atoms with E-state index in [1.54, 1.807) is 6.92 Å². The number of carbonyl (C=O) groups excluding carboxylic acids is 1. The second-order valence-corrected chi connectivity index (χ2v) is 3.97. The molecule has 1 aliphatic carbocycles. The van der Waals surface area contributed by atoms with Crippen molar-refractivity contribution >= 4 is 11.7 Å². The number of nitrogens with zero attached hydrogens (tertiary/aromatic N) is 1. The van der Waals surface area contributed by atoms with Gasteiger partial charge in [0.1, 0.15) is 5.78 Å². The zero-order valence-corrected chi connectivity index (χ0v) is 9.54. The molecule has 0 atom stereocenters. The molecule has 1 heterocycles. The lowest BCUT2D eigenvalue weighted by molar-refractivity contribution is -0.118. The number of carbonyl (C=O) groups is 1. The summed E-state index contributed by atoms with van der Waals surface area (Å²) in [4.78, 5) is 29.0. The summed E-state index contributed by atoms with van der Waals surface area (Å²) in [5, 5.41) is 0. The molecular weight excluding hydrogens is 220 g/mol. The highest BCUT2D eigenvalue weighted by Crippen LogP contribution is 2.11. The largest absolute Gasteiger partial charge is 0.302 e. The minimum absolute atomic E-state index is 0.211. The van der Waals surface area contributed by atoms with Crippen molar-refractivity contribution in [3.63, 3.8) is 0 Å². The van der Waals surface area contributed by atoms with Crippen LogP contribution in [0.5, 0.6) is 0 Å². The number of aryl methyl sites for hydroxylation is 1. The third-order valence-electron chi connectivity index (χ3n) is 2.41. The molecule has 1 aliphatic rings. The van der Waals surface area contributed by atoms with Crippen LogP contribution in [0, 0.1) is 6.92 Å². The van der Waals surface area contributed by atoms with Crippen LogP contribution in [-0.2, 0) is 4.79 Å². The molecule has 17 heavy (non-hydrogen) atoms. The Hall–Kier alpha value is -2.11. The van der Waals surface area contributed by atoms with E-state index in [2.05, 4.69) is 20.8 Å². The highest BCUT2D eigenvalue weighted by Gasteiger charge is 2.10. The number of H-pyrrole nitrogens is 1. The number of Topliss-reactive ketones (excluding diaryl/α,β-unsaturated/α-hetero) is 1. The molecule has 90 valence electrons. The van der Waals surface area contributed by atoms with Crippen LogP contribution in [0.25, 0.3) is 0 Å². The van der Waals surface area contributed by atoms with Crippen LogP contribution in [0.1, 0.15) is 25.0 Å². The van der Waals surface area contributed by atoms with Crippen LogP contribution < -0.4 is 16.4 Å². The lowest BCUT2D eigenvalue weighted by atomic mass is 10.0. The van der Waals surface area contributed by atoms with E-state index in [9.17, 15) is 9.59 Å². The summed E-state index contributed by atoms with van der Waals surface area (Å²) >= 11 is 0. The smallest absolute Gasteiger partial charge is 0.252 e. The summed E-state index contributed by atoms with van der Waals surface area (Å²) in [5.41, 5.74) is 6.89. The third-order valence-corrected chi connectivity index (χ3v) is 2.41. The Balaban J connectivity index is 2.00. The van der Waals surface area contributed by atoms with E-state index in [0.29, 0.717) is 24.5 Å². The minimum atomic E-state index is -0.212. The quantitative estimate of drug-likeness (QED) is 0.668. The van der Waals surface area contributed by atoms with Gasteiger partial charge < -0.3 is 5.43 Å². The number of anilines is 1. The van der Waals surface area contributed by atoms with Crippen molar-refractivity contribution in [2.24, 2.45) is 0 Å². The predicted octanol–water partition coefficient (Wildman–Crippen LogP) is 0.632. The van der Waals surface area contributed by atoms with E-state index >= 15 is 0 Å². The highest BCUT2D eigenvalue weighted by molar-refractivity contribution is 5.82. The number of nitrogens with one attached hydrogen (secondary N) is 3. The fraction of sp³-hybridized carbons (Fsp3) is 0.364. The summed E-state index contributed by atoms with van der Waals surface area (Å²) in [6.07, 6.45) is 3.71. The SMILES string of the molecule is Cc1cc(=O)[nH]c(NNC2=CCCC(=O)C2)n1. The van der Waals surface area contributed by atoms with Crippen molar-refractivity contribution in [2.45, 2.75) is 26.2 Å². The van der Waals surface area contributed by atoms with Gasteiger partial charge >= 0.3 is 0 Å². The summed E-state index contributed by atoms with van der Waals surface area (Å²) in [5.74, 6) is 0.552. The Morgan fingerprint density at radius 1 is 1.35 bits per heavy atom. The van der Waals surface area contributed by atoms with Crippen LogP contribution in [0.3, 0.4) is 0 Å². The van der Waals surface area contributed by atoms with Gasteiger partial charge in [0.2, 0.25) is 5.95 Å². The summed E-state index contributed by atoms with van der Waals surface area (Å²) < 4.78 is 0. The van der Waals surface area contributed by atoms with Gasteiger partial charge in [-0.25, -0.2) is 4.98 Å². The van der Waals surface area contributed by atoms with Crippen molar-refractivity contribution in [1.29, 1.82) is 0 Å². The summed E-state index contributed by atoms with van der Waals surface area (Å²) in [6.45, 7) is 1.74. The van der Waals surface area contributed by atoms with Gasteiger partial charge in [0.05, 0.1) is 0 Å². The lowest BCUT2D eigenvalue weighted by Crippen LogP contribution is -2.27. The summed E-state index contributed by atoms with van der Waals surface area (Å²) in [6, 6.07) is 1.41. The molecule has 3 N–H and O–H groups in total. The van der Waals surface area contributed by atoms with Crippen LogP contribution in [0.2, 0.25) is 0 Å². The average Bonchev–Trinajstić information content (AvgIpc) is 2.25. The topological polar surface area (TPSA) is 86.9 Å². The van der Waals surface area contributed by atoms with Crippen LogP contribution in [0.4, 0.5) is 5.95 Å². The van der Waals surface area contributed by atoms with Crippen molar-refractivity contribution < 1.29 is 4.79 Å². The number of aromatic nitrogens is 2. The molecule has 0 amide bonds. The molecule has 0 spiro atoms. The normalized spacial score (nSPS) is 15.4. The average molecular weight is 234 g/mol. The fourth-order valence-electron chi connectivity index (χ4n) is 1.65. The van der Waals surface area contributed by atoms with Crippen molar-refractivity contribution in [2.75, 3.05) is 5.43 Å². The Morgan fingerprint density at radius 3 is 2.88 bits per heavy atom. The predicted molar refractivity (Wildman–Crippen MR) is 63.3 cm³/mol. The van der Waals surface area contributed by atoms with Gasteiger partial charge in [-0.1, -0.05) is 6.08 Å². The number of ketones is 1. The minimum Gasteiger partial charge on any atom is -0.302 e. The van der Waals surface area contributed by atoms with Gasteiger partial charge in [0.15, 0.2) is 0 Å². The Bertz CT molecular complexity index is 518. The van der Waals surface area contributed by atoms with E-state index in [1.807, 2.05) is 6.08 Å². The zero-order valence-electron chi connectivity index (χ0n) is 9.54. The maximum atomic E-state index is 11.2. The Labute approximate surface area is 98.1 Å². The third kappa shape index (κ3) is 3.17. The summed E-state index contributed by atoms with van der Waals surface area (Å²) in [7, 11) is 0. The van der Waals surface area contributed by atoms with Crippen LogP contribution in [0.15, 0.2) is 22.6 Å². The van der Waals surface area contributed by atoms with Crippen molar-refractivity contribution in [3.8, 4) is 0 Å². The van der Waals surface area contributed by atoms with E-state index in [1.165, 1.54) is 6.07 Å². The van der Waals surface area contributed by atoms with Crippen molar-refractivity contribution in [1.82, 2.24) is 15.4 Å². The maximum absolute atomic E-state index is 11.2. The van der Waals surface area contributed by atoms with E-state index in [0.717, 1.165) is 12.1 Å². The number of aromatic amines is 1. The van der Waals surface area contributed by atoms with E-state index in [-0.39, 0.29) is 11.3 Å². The highest BCUT2D eigenvalue weighted by atomic mass is 16.1. The van der Waals surface area contributed by atoms with Gasteiger partial charge in [0, 0.05) is 30.3 Å². The second kappa shape index (κ2) is 4.82. The molecule has 0 bridgehead atoms. The maximum Gasteiger partial charge on any atom is 0.252 e. The number of hydrazine groups is 1. The molecule has 0 saturated heterocycles. The molecule has 1 aromatic heterocycles. The van der Waals surface area contributed by atoms with Crippen LogP contribution in [-0.4, -0.2) is 15.8 Å². The molecule has 6 nitrogen and oxygen atoms in total. The second-order valence-electron chi connectivity index (χ2n) is 3.97. The Morgan fingerprint density at radius 2 is 2.18 bits per heavy atom. The first-order valence-electron chi connectivity index (χ1n) is 5.44. The lowest BCUT2D eigenvalue weighted by Gasteiger charge is -2.15.